The maximum atomic E-state index is 13.4. The summed E-state index contributed by atoms with van der Waals surface area (Å²) in [6.45, 7) is 3.06. The number of aliphatic imine (C=N–C) groups is 1. The van der Waals surface area contributed by atoms with Crippen LogP contribution < -0.4 is 10.6 Å². The van der Waals surface area contributed by atoms with Crippen LogP contribution in [-0.2, 0) is 13.2 Å². The summed E-state index contributed by atoms with van der Waals surface area (Å²) < 4.78 is 13.4. The summed E-state index contributed by atoms with van der Waals surface area (Å²) >= 11 is 0. The first-order valence-electron chi connectivity index (χ1n) is 5.62. The van der Waals surface area contributed by atoms with Crippen LogP contribution in [0.4, 0.5) is 4.39 Å². The van der Waals surface area contributed by atoms with Gasteiger partial charge in [0.05, 0.1) is 13.2 Å². The van der Waals surface area contributed by atoms with Crippen molar-refractivity contribution in [2.24, 2.45) is 4.99 Å². The zero-order valence-corrected chi connectivity index (χ0v) is 9.70. The second-order valence-electron chi connectivity index (χ2n) is 4.17. The lowest BCUT2D eigenvalue weighted by atomic mass is 10.1. The molecule has 0 bridgehead atoms. The van der Waals surface area contributed by atoms with Crippen molar-refractivity contribution < 1.29 is 9.50 Å². The Morgan fingerprint density at radius 1 is 1.59 bits per heavy atom. The lowest BCUT2D eigenvalue weighted by molar-refractivity contribution is 0.275. The van der Waals surface area contributed by atoms with Crippen molar-refractivity contribution in [1.82, 2.24) is 10.6 Å². The highest BCUT2D eigenvalue weighted by atomic mass is 19.1. The number of nitrogens with one attached hydrogen (secondary N) is 2. The molecule has 0 fully saturated rings. The number of rotatable bonds is 3. The summed E-state index contributed by atoms with van der Waals surface area (Å²) in [6, 6.07) is 5.17. The average molecular weight is 237 g/mol. The molecule has 4 nitrogen and oxygen atoms in total. The van der Waals surface area contributed by atoms with Crippen LogP contribution in [0.15, 0.2) is 23.2 Å². The van der Waals surface area contributed by atoms with Crippen LogP contribution in [0.3, 0.4) is 0 Å². The van der Waals surface area contributed by atoms with Crippen molar-refractivity contribution in [3.05, 3.63) is 35.1 Å². The maximum absolute atomic E-state index is 13.4. The molecule has 0 amide bonds. The standard InChI is InChI=1S/C12H16FN3O/c1-8-5-14-12(16-8)15-6-9-2-3-10(7-17)11(13)4-9/h2-4,8,17H,5-7H2,1H3,(H2,14,15,16). The molecular formula is C12H16FN3O. The molecule has 0 aliphatic carbocycles. The molecule has 1 aromatic carbocycles. The lowest BCUT2D eigenvalue weighted by Gasteiger charge is -2.09. The second-order valence-corrected chi connectivity index (χ2v) is 4.17. The molecule has 2 rings (SSSR count). The fourth-order valence-electron chi connectivity index (χ4n) is 1.67. The van der Waals surface area contributed by atoms with Crippen LogP contribution in [0, 0.1) is 5.82 Å². The van der Waals surface area contributed by atoms with E-state index in [0.29, 0.717) is 18.2 Å². The molecule has 0 saturated heterocycles. The first kappa shape index (κ1) is 11.9. The zero-order chi connectivity index (χ0) is 12.3. The van der Waals surface area contributed by atoms with Crippen LogP contribution in [0.2, 0.25) is 0 Å². The fourth-order valence-corrected chi connectivity index (χ4v) is 1.67. The number of aliphatic hydroxyl groups is 1. The van der Waals surface area contributed by atoms with E-state index in [1.165, 1.54) is 6.07 Å². The molecule has 1 unspecified atom stereocenters. The topological polar surface area (TPSA) is 56.7 Å². The lowest BCUT2D eigenvalue weighted by Crippen LogP contribution is -2.37. The number of nitrogens with zero attached hydrogens (tertiary/aromatic N) is 1. The third-order valence-electron chi connectivity index (χ3n) is 2.65. The molecule has 1 aliphatic heterocycles. The van der Waals surface area contributed by atoms with Gasteiger partial charge in [0.1, 0.15) is 5.82 Å². The van der Waals surface area contributed by atoms with E-state index in [2.05, 4.69) is 15.6 Å². The van der Waals surface area contributed by atoms with Gasteiger partial charge in [0.25, 0.3) is 0 Å². The van der Waals surface area contributed by atoms with E-state index in [1.54, 1.807) is 12.1 Å². The Morgan fingerprint density at radius 3 is 3.00 bits per heavy atom. The van der Waals surface area contributed by atoms with Gasteiger partial charge < -0.3 is 15.7 Å². The van der Waals surface area contributed by atoms with E-state index in [4.69, 9.17) is 5.11 Å². The Balaban J connectivity index is 1.93. The van der Waals surface area contributed by atoms with Gasteiger partial charge in [-0.3, -0.25) is 4.99 Å². The van der Waals surface area contributed by atoms with Gasteiger partial charge in [-0.1, -0.05) is 12.1 Å². The van der Waals surface area contributed by atoms with Gasteiger partial charge in [-0.25, -0.2) is 4.39 Å². The SMILES string of the molecule is CC1CN=C(NCc2ccc(CO)c(F)c2)N1. The number of benzene rings is 1. The Bertz CT molecular complexity index is 434. The van der Waals surface area contributed by atoms with Crippen LogP contribution >= 0.6 is 0 Å². The largest absolute Gasteiger partial charge is 0.392 e. The highest BCUT2D eigenvalue weighted by Crippen LogP contribution is 2.10. The summed E-state index contributed by atoms with van der Waals surface area (Å²) in [5.74, 6) is 0.380. The molecule has 0 saturated carbocycles. The summed E-state index contributed by atoms with van der Waals surface area (Å²) in [6.07, 6.45) is 0. The fraction of sp³-hybridized carbons (Fsp3) is 0.417. The summed E-state index contributed by atoms with van der Waals surface area (Å²) in [5.41, 5.74) is 1.14. The smallest absolute Gasteiger partial charge is 0.191 e. The van der Waals surface area contributed by atoms with Crippen LogP contribution in [-0.4, -0.2) is 23.7 Å². The molecular weight excluding hydrogens is 221 g/mol. The van der Waals surface area contributed by atoms with E-state index in [0.717, 1.165) is 18.1 Å². The van der Waals surface area contributed by atoms with Gasteiger partial charge in [-0.2, -0.15) is 0 Å². The van der Waals surface area contributed by atoms with Crippen molar-refractivity contribution in [2.45, 2.75) is 26.1 Å². The molecule has 0 radical (unpaired) electrons. The number of guanidine groups is 1. The first-order valence-corrected chi connectivity index (χ1v) is 5.62. The Labute approximate surface area is 99.6 Å². The normalized spacial score (nSPS) is 18.8. The zero-order valence-electron chi connectivity index (χ0n) is 9.70. The Morgan fingerprint density at radius 2 is 2.41 bits per heavy atom. The quantitative estimate of drug-likeness (QED) is 0.727. The van der Waals surface area contributed by atoms with Gasteiger partial charge in [0.2, 0.25) is 0 Å². The summed E-state index contributed by atoms with van der Waals surface area (Å²) in [5, 5.41) is 15.1. The van der Waals surface area contributed by atoms with Gasteiger partial charge >= 0.3 is 0 Å². The third kappa shape index (κ3) is 2.94. The summed E-state index contributed by atoms with van der Waals surface area (Å²) in [7, 11) is 0. The summed E-state index contributed by atoms with van der Waals surface area (Å²) in [4.78, 5) is 4.25. The van der Waals surface area contributed by atoms with Gasteiger partial charge in [-0.15, -0.1) is 0 Å². The molecule has 1 atom stereocenters. The van der Waals surface area contributed by atoms with Gasteiger partial charge in [0.15, 0.2) is 5.96 Å². The minimum atomic E-state index is -0.374. The van der Waals surface area contributed by atoms with E-state index < -0.39 is 0 Å². The molecule has 5 heteroatoms. The van der Waals surface area contributed by atoms with E-state index >= 15 is 0 Å². The molecule has 1 heterocycles. The molecule has 0 spiro atoms. The molecule has 0 aromatic heterocycles. The number of hydrogen-bond donors (Lipinski definition) is 3. The highest BCUT2D eigenvalue weighted by Gasteiger charge is 2.11. The van der Waals surface area contributed by atoms with Crippen molar-refractivity contribution in [1.29, 1.82) is 0 Å². The molecule has 17 heavy (non-hydrogen) atoms. The minimum Gasteiger partial charge on any atom is -0.392 e. The monoisotopic (exact) mass is 237 g/mol. The predicted octanol–water partition coefficient (Wildman–Crippen LogP) is 0.755. The highest BCUT2D eigenvalue weighted by molar-refractivity contribution is 5.81. The minimum absolute atomic E-state index is 0.272. The van der Waals surface area contributed by atoms with Crippen molar-refractivity contribution in [3.8, 4) is 0 Å². The predicted molar refractivity (Wildman–Crippen MR) is 64.1 cm³/mol. The average Bonchev–Trinajstić information content (AvgIpc) is 2.73. The van der Waals surface area contributed by atoms with Crippen molar-refractivity contribution in [2.75, 3.05) is 6.54 Å². The molecule has 3 N–H and O–H groups in total. The Hall–Kier alpha value is -1.62. The molecule has 1 aromatic rings. The van der Waals surface area contributed by atoms with Crippen LogP contribution in [0.25, 0.3) is 0 Å². The van der Waals surface area contributed by atoms with Crippen molar-refractivity contribution >= 4 is 5.96 Å². The van der Waals surface area contributed by atoms with E-state index in [-0.39, 0.29) is 12.4 Å². The number of hydrogen-bond acceptors (Lipinski definition) is 4. The van der Waals surface area contributed by atoms with Gasteiger partial charge in [0, 0.05) is 18.2 Å². The van der Waals surface area contributed by atoms with E-state index in [1.807, 2.05) is 6.92 Å². The second kappa shape index (κ2) is 5.14. The number of aliphatic hydroxyl groups excluding tert-OH is 1. The van der Waals surface area contributed by atoms with E-state index in [9.17, 15) is 4.39 Å². The first-order chi connectivity index (χ1) is 8.19. The molecule has 92 valence electrons. The third-order valence-corrected chi connectivity index (χ3v) is 2.65. The maximum Gasteiger partial charge on any atom is 0.191 e. The molecule has 1 aliphatic rings. The van der Waals surface area contributed by atoms with Crippen LogP contribution in [0.1, 0.15) is 18.1 Å². The number of halogens is 1. The van der Waals surface area contributed by atoms with Crippen LogP contribution in [0.5, 0.6) is 0 Å². The van der Waals surface area contributed by atoms with Gasteiger partial charge in [-0.05, 0) is 18.6 Å². The Kier molecular flexibility index (Phi) is 3.58. The van der Waals surface area contributed by atoms with Crippen molar-refractivity contribution in [3.63, 3.8) is 0 Å².